The van der Waals surface area contributed by atoms with Crippen LogP contribution in [-0.2, 0) is 4.79 Å². The number of nitrogens with one attached hydrogen (secondary N) is 1. The van der Waals surface area contributed by atoms with Gasteiger partial charge in [0.2, 0.25) is 0 Å². The third-order valence-electron chi connectivity index (χ3n) is 1.86. The van der Waals surface area contributed by atoms with Crippen LogP contribution >= 0.6 is 11.6 Å². The van der Waals surface area contributed by atoms with E-state index >= 15 is 0 Å². The number of anilines is 1. The first-order valence-corrected chi connectivity index (χ1v) is 4.58. The molecule has 0 amide bonds. The summed E-state index contributed by atoms with van der Waals surface area (Å²) >= 11 is 5.94. The van der Waals surface area contributed by atoms with Crippen LogP contribution in [0.25, 0.3) is 0 Å². The predicted molar refractivity (Wildman–Crippen MR) is 57.3 cm³/mol. The van der Waals surface area contributed by atoms with E-state index in [-0.39, 0.29) is 6.54 Å². The van der Waals surface area contributed by atoms with Gasteiger partial charge in [0, 0.05) is 5.02 Å². The number of carbonyl (C=O) groups is 1. The van der Waals surface area contributed by atoms with Gasteiger partial charge in [0.25, 0.3) is 0 Å². The van der Waals surface area contributed by atoms with Gasteiger partial charge < -0.3 is 14.8 Å². The van der Waals surface area contributed by atoms with Gasteiger partial charge >= 0.3 is 0 Å². The van der Waals surface area contributed by atoms with Crippen LogP contribution in [0.5, 0.6) is 5.75 Å². The van der Waals surface area contributed by atoms with Crippen molar-refractivity contribution in [2.24, 2.45) is 0 Å². The highest BCUT2D eigenvalue weighted by molar-refractivity contribution is 6.31. The van der Waals surface area contributed by atoms with Gasteiger partial charge in [-0.2, -0.15) is 0 Å². The molecule has 14 heavy (non-hydrogen) atoms. The minimum absolute atomic E-state index is 0.246. The fourth-order valence-corrected chi connectivity index (χ4v) is 1.28. The van der Waals surface area contributed by atoms with Gasteiger partial charge in [-0.1, -0.05) is 11.6 Å². The number of methoxy groups -OCH3 is 1. The summed E-state index contributed by atoms with van der Waals surface area (Å²) in [7, 11) is 1.58. The molecule has 0 atom stereocenters. The minimum atomic E-state index is 0.246. The predicted octanol–water partition coefficient (Wildman–Crippen LogP) is 2.27. The normalized spacial score (nSPS) is 9.64. The number of carbonyl (C=O) groups excluding carboxylic acids is 1. The van der Waals surface area contributed by atoms with E-state index in [0.717, 1.165) is 17.5 Å². The summed E-state index contributed by atoms with van der Waals surface area (Å²) < 4.78 is 5.14. The van der Waals surface area contributed by atoms with E-state index in [9.17, 15) is 4.79 Å². The average Bonchev–Trinajstić information content (AvgIpc) is 2.19. The van der Waals surface area contributed by atoms with E-state index in [1.807, 2.05) is 13.0 Å². The lowest BCUT2D eigenvalue weighted by Crippen LogP contribution is -2.04. The topological polar surface area (TPSA) is 38.3 Å². The molecular weight excluding hydrogens is 202 g/mol. The summed E-state index contributed by atoms with van der Waals surface area (Å²) in [5.74, 6) is 0.689. The maximum absolute atomic E-state index is 10.2. The quantitative estimate of drug-likeness (QED) is 0.780. The molecular formula is C10H12ClNO2. The average molecular weight is 214 g/mol. The Balaban J connectivity index is 3.00. The van der Waals surface area contributed by atoms with Crippen LogP contribution in [-0.4, -0.2) is 19.9 Å². The molecule has 1 aromatic rings. The van der Waals surface area contributed by atoms with E-state index in [0.29, 0.717) is 10.8 Å². The van der Waals surface area contributed by atoms with E-state index in [2.05, 4.69) is 5.32 Å². The van der Waals surface area contributed by atoms with Crippen LogP contribution in [0.3, 0.4) is 0 Å². The van der Waals surface area contributed by atoms with Crippen LogP contribution in [0, 0.1) is 6.92 Å². The Morgan fingerprint density at radius 3 is 2.86 bits per heavy atom. The van der Waals surface area contributed by atoms with Crippen molar-refractivity contribution in [3.05, 3.63) is 22.7 Å². The maximum atomic E-state index is 10.2. The van der Waals surface area contributed by atoms with Gasteiger partial charge in [-0.15, -0.1) is 0 Å². The number of benzene rings is 1. The molecule has 1 aromatic carbocycles. The van der Waals surface area contributed by atoms with Gasteiger partial charge in [-0.25, -0.2) is 0 Å². The lowest BCUT2D eigenvalue weighted by atomic mass is 10.2. The zero-order chi connectivity index (χ0) is 10.6. The summed E-state index contributed by atoms with van der Waals surface area (Å²) in [5.41, 5.74) is 1.68. The second-order valence-electron chi connectivity index (χ2n) is 2.85. The first kappa shape index (κ1) is 10.9. The molecule has 0 aliphatic carbocycles. The summed E-state index contributed by atoms with van der Waals surface area (Å²) in [6.45, 7) is 2.14. The molecule has 0 spiro atoms. The third kappa shape index (κ3) is 2.39. The van der Waals surface area contributed by atoms with Crippen LogP contribution < -0.4 is 10.1 Å². The largest absolute Gasteiger partial charge is 0.495 e. The van der Waals surface area contributed by atoms with Gasteiger partial charge in [0.1, 0.15) is 12.0 Å². The molecule has 1 rings (SSSR count). The van der Waals surface area contributed by atoms with Crippen LogP contribution in [0.1, 0.15) is 5.56 Å². The van der Waals surface area contributed by atoms with Gasteiger partial charge in [0.05, 0.1) is 19.3 Å². The van der Waals surface area contributed by atoms with Gasteiger partial charge in [-0.3, -0.25) is 0 Å². The summed E-state index contributed by atoms with van der Waals surface area (Å²) in [4.78, 5) is 10.2. The number of ether oxygens (including phenoxy) is 1. The summed E-state index contributed by atoms with van der Waals surface area (Å²) in [6.07, 6.45) is 0.785. The Morgan fingerprint density at radius 1 is 1.57 bits per heavy atom. The number of halogens is 1. The standard InChI is InChI=1S/C10H12ClNO2/c1-7-5-10(14-2)9(6-8(7)11)12-3-4-13/h4-6,12H,3H2,1-2H3. The lowest BCUT2D eigenvalue weighted by Gasteiger charge is -2.11. The van der Waals surface area contributed by atoms with Crippen molar-refractivity contribution >= 4 is 23.6 Å². The molecule has 0 aliphatic rings. The molecule has 0 heterocycles. The molecule has 0 fully saturated rings. The minimum Gasteiger partial charge on any atom is -0.495 e. The maximum Gasteiger partial charge on any atom is 0.142 e. The molecule has 0 saturated heterocycles. The second kappa shape index (κ2) is 4.86. The monoisotopic (exact) mass is 213 g/mol. The Kier molecular flexibility index (Phi) is 3.77. The summed E-state index contributed by atoms with van der Waals surface area (Å²) in [5, 5.41) is 3.56. The molecule has 3 nitrogen and oxygen atoms in total. The lowest BCUT2D eigenvalue weighted by molar-refractivity contribution is -0.106. The van der Waals surface area contributed by atoms with Crippen LogP contribution in [0.4, 0.5) is 5.69 Å². The molecule has 0 aliphatic heterocycles. The fraction of sp³-hybridized carbons (Fsp3) is 0.300. The van der Waals surface area contributed by atoms with Crippen molar-refractivity contribution in [2.75, 3.05) is 19.0 Å². The third-order valence-corrected chi connectivity index (χ3v) is 2.26. The summed E-state index contributed by atoms with van der Waals surface area (Å²) in [6, 6.07) is 3.58. The second-order valence-corrected chi connectivity index (χ2v) is 3.26. The zero-order valence-corrected chi connectivity index (χ0v) is 8.89. The fourth-order valence-electron chi connectivity index (χ4n) is 1.11. The molecule has 0 bridgehead atoms. The number of hydrogen-bond donors (Lipinski definition) is 1. The molecule has 0 unspecified atom stereocenters. The molecule has 4 heteroatoms. The number of hydrogen-bond acceptors (Lipinski definition) is 3. The molecule has 1 N–H and O–H groups in total. The SMILES string of the molecule is COc1cc(C)c(Cl)cc1NCC=O. The highest BCUT2D eigenvalue weighted by atomic mass is 35.5. The van der Waals surface area contributed by atoms with Crippen molar-refractivity contribution in [3.63, 3.8) is 0 Å². The Hall–Kier alpha value is -1.22. The van der Waals surface area contributed by atoms with E-state index in [1.165, 1.54) is 0 Å². The Labute approximate surface area is 88.0 Å². The van der Waals surface area contributed by atoms with Crippen molar-refractivity contribution in [3.8, 4) is 5.75 Å². The van der Waals surface area contributed by atoms with Crippen LogP contribution in [0.15, 0.2) is 12.1 Å². The first-order valence-electron chi connectivity index (χ1n) is 4.20. The van der Waals surface area contributed by atoms with Crippen molar-refractivity contribution in [2.45, 2.75) is 6.92 Å². The highest BCUT2D eigenvalue weighted by Gasteiger charge is 2.05. The number of rotatable bonds is 4. The van der Waals surface area contributed by atoms with Crippen molar-refractivity contribution in [1.82, 2.24) is 0 Å². The molecule has 0 saturated carbocycles. The van der Waals surface area contributed by atoms with Crippen LogP contribution in [0.2, 0.25) is 5.02 Å². The highest BCUT2D eigenvalue weighted by Crippen LogP contribution is 2.30. The van der Waals surface area contributed by atoms with Crippen molar-refractivity contribution < 1.29 is 9.53 Å². The van der Waals surface area contributed by atoms with Crippen molar-refractivity contribution in [1.29, 1.82) is 0 Å². The molecule has 0 aromatic heterocycles. The first-order chi connectivity index (χ1) is 6.69. The Morgan fingerprint density at radius 2 is 2.29 bits per heavy atom. The molecule has 76 valence electrons. The number of aryl methyl sites for hydroxylation is 1. The van der Waals surface area contributed by atoms with E-state index in [1.54, 1.807) is 13.2 Å². The Bertz CT molecular complexity index is 339. The van der Waals surface area contributed by atoms with Gasteiger partial charge in [-0.05, 0) is 24.6 Å². The molecule has 0 radical (unpaired) electrons. The van der Waals surface area contributed by atoms with E-state index in [4.69, 9.17) is 16.3 Å². The number of aldehydes is 1. The zero-order valence-electron chi connectivity index (χ0n) is 8.13. The smallest absolute Gasteiger partial charge is 0.142 e. The van der Waals surface area contributed by atoms with Gasteiger partial charge in [0.15, 0.2) is 0 Å². The van der Waals surface area contributed by atoms with E-state index < -0.39 is 0 Å².